The summed E-state index contributed by atoms with van der Waals surface area (Å²) in [7, 11) is 1.58. The van der Waals surface area contributed by atoms with Gasteiger partial charge in [-0.25, -0.2) is 9.97 Å². The smallest absolute Gasteiger partial charge is 0.288 e. The summed E-state index contributed by atoms with van der Waals surface area (Å²) in [5.74, 6) is 0.363. The van der Waals surface area contributed by atoms with Crippen LogP contribution >= 0.6 is 0 Å². The van der Waals surface area contributed by atoms with Crippen molar-refractivity contribution in [2.45, 2.75) is 12.8 Å². The minimum absolute atomic E-state index is 0.0665. The standard InChI is InChI=1S/C19H18N4O3/c1-26-14-8-6-13(7-9-14)23-17-15(5-4-10-20-17)21-16(19(23)25)18(24)22-11-2-3-12-22/h4-10H,2-3,11-12H2,1H3. The summed E-state index contributed by atoms with van der Waals surface area (Å²) in [5.41, 5.74) is 1.00. The third-order valence-electron chi connectivity index (χ3n) is 4.54. The van der Waals surface area contributed by atoms with E-state index in [-0.39, 0.29) is 11.6 Å². The van der Waals surface area contributed by atoms with Crippen molar-refractivity contribution in [1.29, 1.82) is 0 Å². The van der Waals surface area contributed by atoms with Gasteiger partial charge in [0.2, 0.25) is 0 Å². The monoisotopic (exact) mass is 350 g/mol. The number of amides is 1. The molecule has 2 aromatic heterocycles. The summed E-state index contributed by atoms with van der Waals surface area (Å²) in [6.45, 7) is 1.32. The minimum atomic E-state index is -0.460. The fourth-order valence-electron chi connectivity index (χ4n) is 3.20. The Kier molecular flexibility index (Phi) is 4.12. The lowest BCUT2D eigenvalue weighted by molar-refractivity contribution is 0.0785. The van der Waals surface area contributed by atoms with Crippen LogP contribution in [0.5, 0.6) is 5.75 Å². The average Bonchev–Trinajstić information content (AvgIpc) is 3.22. The molecule has 1 aliphatic heterocycles. The SMILES string of the molecule is COc1ccc(-n2c(=O)c(C(=O)N3CCCC3)nc3cccnc32)cc1. The zero-order valence-electron chi connectivity index (χ0n) is 14.4. The Balaban J connectivity index is 1.93. The third kappa shape index (κ3) is 2.71. The molecule has 4 rings (SSSR count). The number of pyridine rings is 1. The molecule has 1 saturated heterocycles. The van der Waals surface area contributed by atoms with Crippen molar-refractivity contribution >= 4 is 17.1 Å². The number of aromatic nitrogens is 3. The molecule has 0 atom stereocenters. The molecule has 0 aliphatic carbocycles. The lowest BCUT2D eigenvalue weighted by Gasteiger charge is -2.16. The molecule has 132 valence electrons. The zero-order valence-corrected chi connectivity index (χ0v) is 14.4. The van der Waals surface area contributed by atoms with Gasteiger partial charge < -0.3 is 9.64 Å². The highest BCUT2D eigenvalue weighted by Crippen LogP contribution is 2.18. The Morgan fingerprint density at radius 3 is 2.54 bits per heavy atom. The maximum absolute atomic E-state index is 13.1. The number of nitrogens with zero attached hydrogens (tertiary/aromatic N) is 4. The maximum Gasteiger partial charge on any atom is 0.288 e. The van der Waals surface area contributed by atoms with E-state index in [1.807, 2.05) is 0 Å². The van der Waals surface area contributed by atoms with Gasteiger partial charge in [0.15, 0.2) is 11.3 Å². The largest absolute Gasteiger partial charge is 0.497 e. The summed E-state index contributed by atoms with van der Waals surface area (Å²) in [5, 5.41) is 0. The predicted octanol–water partition coefficient (Wildman–Crippen LogP) is 2.03. The van der Waals surface area contributed by atoms with Crippen LogP contribution < -0.4 is 10.3 Å². The van der Waals surface area contributed by atoms with Gasteiger partial charge >= 0.3 is 0 Å². The molecule has 3 aromatic rings. The first kappa shape index (κ1) is 16.3. The van der Waals surface area contributed by atoms with Gasteiger partial charge in [0.05, 0.1) is 12.8 Å². The molecule has 26 heavy (non-hydrogen) atoms. The Morgan fingerprint density at radius 1 is 1.12 bits per heavy atom. The molecule has 0 bridgehead atoms. The van der Waals surface area contributed by atoms with E-state index in [1.54, 1.807) is 54.6 Å². The predicted molar refractivity (Wildman–Crippen MR) is 96.8 cm³/mol. The molecule has 0 unspecified atom stereocenters. The molecular formula is C19H18N4O3. The highest BCUT2D eigenvalue weighted by Gasteiger charge is 2.25. The topological polar surface area (TPSA) is 77.3 Å². The number of benzene rings is 1. The van der Waals surface area contributed by atoms with Crippen molar-refractivity contribution in [3.63, 3.8) is 0 Å². The fraction of sp³-hybridized carbons (Fsp3) is 0.263. The molecule has 0 saturated carbocycles. The van der Waals surface area contributed by atoms with Crippen LogP contribution in [0.15, 0.2) is 47.4 Å². The van der Waals surface area contributed by atoms with Crippen LogP contribution in [0, 0.1) is 0 Å². The summed E-state index contributed by atoms with van der Waals surface area (Å²) >= 11 is 0. The van der Waals surface area contributed by atoms with Crippen LogP contribution in [-0.4, -0.2) is 45.5 Å². The number of carbonyl (C=O) groups excluding carboxylic acids is 1. The lowest BCUT2D eigenvalue weighted by atomic mass is 10.2. The van der Waals surface area contributed by atoms with Crippen LogP contribution in [0.2, 0.25) is 0 Å². The zero-order chi connectivity index (χ0) is 18.1. The Hall–Kier alpha value is -3.22. The number of likely N-dealkylation sites (tertiary alicyclic amines) is 1. The van der Waals surface area contributed by atoms with Gasteiger partial charge in [-0.05, 0) is 49.2 Å². The second-order valence-electron chi connectivity index (χ2n) is 6.14. The van der Waals surface area contributed by atoms with Gasteiger partial charge in [-0.1, -0.05) is 0 Å². The number of fused-ring (bicyclic) bond motifs is 1. The van der Waals surface area contributed by atoms with Gasteiger partial charge in [-0.15, -0.1) is 0 Å². The molecule has 7 heteroatoms. The number of hydrogen-bond acceptors (Lipinski definition) is 5. The molecule has 0 radical (unpaired) electrons. The van der Waals surface area contributed by atoms with Crippen molar-refractivity contribution in [3.8, 4) is 11.4 Å². The molecule has 0 N–H and O–H groups in total. The first-order chi connectivity index (χ1) is 12.7. The van der Waals surface area contributed by atoms with E-state index in [1.165, 1.54) is 4.57 Å². The molecule has 3 heterocycles. The van der Waals surface area contributed by atoms with Crippen LogP contribution in [0.1, 0.15) is 23.3 Å². The van der Waals surface area contributed by atoms with Crippen molar-refractivity contribution in [2.24, 2.45) is 0 Å². The molecule has 1 amide bonds. The van der Waals surface area contributed by atoms with Crippen LogP contribution in [0.3, 0.4) is 0 Å². The molecule has 1 aromatic carbocycles. The second kappa shape index (κ2) is 6.59. The van der Waals surface area contributed by atoms with Crippen molar-refractivity contribution in [1.82, 2.24) is 19.4 Å². The van der Waals surface area contributed by atoms with Gasteiger partial charge in [0.1, 0.15) is 11.3 Å². The van der Waals surface area contributed by atoms with E-state index in [9.17, 15) is 9.59 Å². The average molecular weight is 350 g/mol. The number of ether oxygens (including phenoxy) is 1. The van der Waals surface area contributed by atoms with Crippen molar-refractivity contribution in [2.75, 3.05) is 20.2 Å². The van der Waals surface area contributed by atoms with Gasteiger partial charge in [-0.3, -0.25) is 14.2 Å². The number of carbonyl (C=O) groups is 1. The summed E-state index contributed by atoms with van der Waals surface area (Å²) in [6, 6.07) is 10.5. The van der Waals surface area contributed by atoms with E-state index >= 15 is 0 Å². The van der Waals surface area contributed by atoms with Gasteiger partial charge in [0, 0.05) is 19.3 Å². The first-order valence-corrected chi connectivity index (χ1v) is 8.50. The van der Waals surface area contributed by atoms with E-state index < -0.39 is 5.56 Å². The fourth-order valence-corrected chi connectivity index (χ4v) is 3.20. The minimum Gasteiger partial charge on any atom is -0.497 e. The number of hydrogen-bond donors (Lipinski definition) is 0. The Bertz CT molecular complexity index is 1020. The maximum atomic E-state index is 13.1. The second-order valence-corrected chi connectivity index (χ2v) is 6.14. The quantitative estimate of drug-likeness (QED) is 0.722. The van der Waals surface area contributed by atoms with E-state index in [4.69, 9.17) is 4.74 Å². The van der Waals surface area contributed by atoms with Crippen LogP contribution in [0.25, 0.3) is 16.9 Å². The summed E-state index contributed by atoms with van der Waals surface area (Å²) < 4.78 is 6.61. The van der Waals surface area contributed by atoms with E-state index in [0.717, 1.165) is 12.8 Å². The van der Waals surface area contributed by atoms with Gasteiger partial charge in [-0.2, -0.15) is 0 Å². The molecule has 7 nitrogen and oxygen atoms in total. The third-order valence-corrected chi connectivity index (χ3v) is 4.54. The molecular weight excluding hydrogens is 332 g/mol. The first-order valence-electron chi connectivity index (χ1n) is 8.50. The van der Waals surface area contributed by atoms with Crippen LogP contribution in [0.4, 0.5) is 0 Å². The van der Waals surface area contributed by atoms with Crippen molar-refractivity contribution in [3.05, 3.63) is 58.6 Å². The molecule has 1 fully saturated rings. The normalized spacial score (nSPS) is 14.0. The summed E-state index contributed by atoms with van der Waals surface area (Å²) in [6.07, 6.45) is 3.51. The summed E-state index contributed by atoms with van der Waals surface area (Å²) in [4.78, 5) is 36.2. The number of rotatable bonds is 3. The van der Waals surface area contributed by atoms with E-state index in [0.29, 0.717) is 35.7 Å². The molecule has 0 spiro atoms. The number of methoxy groups -OCH3 is 1. The van der Waals surface area contributed by atoms with E-state index in [2.05, 4.69) is 9.97 Å². The highest BCUT2D eigenvalue weighted by atomic mass is 16.5. The molecule has 1 aliphatic rings. The highest BCUT2D eigenvalue weighted by molar-refractivity contribution is 5.94. The van der Waals surface area contributed by atoms with Gasteiger partial charge in [0.25, 0.3) is 11.5 Å². The Labute approximate surface area is 149 Å². The van der Waals surface area contributed by atoms with Crippen LogP contribution in [-0.2, 0) is 0 Å². The lowest BCUT2D eigenvalue weighted by Crippen LogP contribution is -2.36. The Morgan fingerprint density at radius 2 is 1.85 bits per heavy atom. The van der Waals surface area contributed by atoms with Crippen molar-refractivity contribution < 1.29 is 9.53 Å².